The zero-order valence-electron chi connectivity index (χ0n) is 15.7. The molecule has 0 aliphatic carbocycles. The van der Waals surface area contributed by atoms with E-state index < -0.39 is 0 Å². The molecule has 0 saturated carbocycles. The molecule has 3 aromatic carbocycles. The third kappa shape index (κ3) is 3.24. The van der Waals surface area contributed by atoms with E-state index in [2.05, 4.69) is 108 Å². The van der Waals surface area contributed by atoms with Gasteiger partial charge in [0.2, 0.25) is 0 Å². The third-order valence-corrected chi connectivity index (χ3v) is 7.40. The first-order valence-corrected chi connectivity index (χ1v) is 10.8. The largest absolute Gasteiger partial charge is 0.395 e. The highest BCUT2D eigenvalue weighted by Crippen LogP contribution is 2.58. The van der Waals surface area contributed by atoms with Crippen LogP contribution in [0, 0.1) is 5.41 Å². The minimum absolute atomic E-state index is 0.0480. The van der Waals surface area contributed by atoms with E-state index in [0.29, 0.717) is 17.1 Å². The van der Waals surface area contributed by atoms with Crippen LogP contribution in [-0.4, -0.2) is 12.3 Å². The highest BCUT2D eigenvalue weighted by Gasteiger charge is 2.49. The fourth-order valence-corrected chi connectivity index (χ4v) is 6.32. The number of hydrogen-bond donors (Lipinski definition) is 0. The van der Waals surface area contributed by atoms with Gasteiger partial charge in [0.1, 0.15) is 6.61 Å². The van der Waals surface area contributed by atoms with E-state index in [-0.39, 0.29) is 5.41 Å². The molecule has 0 radical (unpaired) electrons. The van der Waals surface area contributed by atoms with Crippen molar-refractivity contribution in [1.29, 1.82) is 0 Å². The quantitative estimate of drug-likeness (QED) is 0.519. The summed E-state index contributed by atoms with van der Waals surface area (Å²) in [5, 5.41) is 5.40. The Hall–Kier alpha value is -2.52. The summed E-state index contributed by atoms with van der Waals surface area (Å²) in [6, 6.07) is 32.4. The molecule has 5 rings (SSSR count). The van der Waals surface area contributed by atoms with Crippen LogP contribution in [0.1, 0.15) is 40.0 Å². The molecule has 0 bridgehead atoms. The summed E-state index contributed by atoms with van der Waals surface area (Å²) in [5.41, 5.74) is 5.05. The molecule has 3 heteroatoms. The lowest BCUT2D eigenvalue weighted by atomic mass is 9.71. The second-order valence-corrected chi connectivity index (χ2v) is 9.11. The maximum atomic E-state index is 5.75. The molecule has 2 aliphatic heterocycles. The zero-order chi connectivity index (χ0) is 18.8. The Bertz CT molecular complexity index is 908. The van der Waals surface area contributed by atoms with Gasteiger partial charge in [0.05, 0.1) is 11.1 Å². The summed E-state index contributed by atoms with van der Waals surface area (Å²) in [4.78, 5) is 5.75. The summed E-state index contributed by atoms with van der Waals surface area (Å²) < 4.78 is 0. The first-order valence-electron chi connectivity index (χ1n) is 9.85. The molecule has 1 spiro atoms. The molecular weight excluding hydrogens is 362 g/mol. The van der Waals surface area contributed by atoms with Crippen molar-refractivity contribution in [3.05, 3.63) is 108 Å². The molecule has 0 amide bonds. The average Bonchev–Trinajstić information content (AvgIpc) is 3.17. The van der Waals surface area contributed by atoms with Crippen LogP contribution in [0.2, 0.25) is 0 Å². The SMILES string of the molecule is c1ccc(C2=NOCC23C[C@@H](c2ccccc2)S[C@@H](c2ccccc2)C3)cc1. The predicted molar refractivity (Wildman–Crippen MR) is 117 cm³/mol. The lowest BCUT2D eigenvalue weighted by molar-refractivity contribution is 0.108. The van der Waals surface area contributed by atoms with Gasteiger partial charge in [-0.2, -0.15) is 0 Å². The molecule has 2 heterocycles. The predicted octanol–water partition coefficient (Wildman–Crippen LogP) is 6.42. The molecule has 0 aromatic heterocycles. The Kier molecular flexibility index (Phi) is 4.69. The van der Waals surface area contributed by atoms with E-state index in [1.807, 2.05) is 0 Å². The number of rotatable bonds is 3. The lowest BCUT2D eigenvalue weighted by Crippen LogP contribution is -2.37. The van der Waals surface area contributed by atoms with Gasteiger partial charge in [0.15, 0.2) is 0 Å². The standard InChI is InChI=1S/C25H23NOS/c1-4-10-19(11-5-1)22-16-25(17-23(28-22)20-12-6-2-7-13-20)18-27-26-24(25)21-14-8-3-9-15-21/h1-15,22-23H,16-18H2/t22-,23+,25?. The lowest BCUT2D eigenvalue weighted by Gasteiger charge is -2.41. The van der Waals surface area contributed by atoms with Gasteiger partial charge < -0.3 is 4.84 Å². The van der Waals surface area contributed by atoms with Crippen LogP contribution in [-0.2, 0) is 4.84 Å². The van der Waals surface area contributed by atoms with E-state index >= 15 is 0 Å². The maximum absolute atomic E-state index is 5.75. The molecule has 2 nitrogen and oxygen atoms in total. The third-order valence-electron chi connectivity index (χ3n) is 5.87. The van der Waals surface area contributed by atoms with Crippen LogP contribution < -0.4 is 0 Å². The smallest absolute Gasteiger partial charge is 0.128 e. The highest BCUT2D eigenvalue weighted by molar-refractivity contribution is 7.99. The van der Waals surface area contributed by atoms with E-state index in [1.54, 1.807) is 0 Å². The van der Waals surface area contributed by atoms with Crippen LogP contribution in [0.4, 0.5) is 0 Å². The molecule has 1 fully saturated rings. The molecule has 140 valence electrons. The Balaban J connectivity index is 1.56. The number of oxime groups is 1. The first kappa shape index (κ1) is 17.6. The van der Waals surface area contributed by atoms with Crippen LogP contribution in [0.3, 0.4) is 0 Å². The molecule has 1 unspecified atom stereocenters. The van der Waals surface area contributed by atoms with Gasteiger partial charge in [0, 0.05) is 16.1 Å². The summed E-state index contributed by atoms with van der Waals surface area (Å²) >= 11 is 2.09. The zero-order valence-corrected chi connectivity index (χ0v) is 16.5. The Morgan fingerprint density at radius 1 is 0.714 bits per heavy atom. The van der Waals surface area contributed by atoms with E-state index in [9.17, 15) is 0 Å². The van der Waals surface area contributed by atoms with Crippen molar-refractivity contribution < 1.29 is 4.84 Å². The summed E-state index contributed by atoms with van der Waals surface area (Å²) in [6.07, 6.45) is 2.11. The first-order chi connectivity index (χ1) is 13.8. The van der Waals surface area contributed by atoms with Gasteiger partial charge >= 0.3 is 0 Å². The number of hydrogen-bond acceptors (Lipinski definition) is 3. The van der Waals surface area contributed by atoms with Crippen molar-refractivity contribution in [1.82, 2.24) is 0 Å². The number of benzene rings is 3. The Morgan fingerprint density at radius 2 is 1.21 bits per heavy atom. The van der Waals surface area contributed by atoms with Gasteiger partial charge in [0.25, 0.3) is 0 Å². The van der Waals surface area contributed by atoms with Crippen molar-refractivity contribution in [2.24, 2.45) is 10.6 Å². The number of thioether (sulfide) groups is 1. The highest BCUT2D eigenvalue weighted by atomic mass is 32.2. The second-order valence-electron chi connectivity index (χ2n) is 7.70. The summed E-state index contributed by atoms with van der Waals surface area (Å²) in [7, 11) is 0. The molecule has 3 atom stereocenters. The van der Waals surface area contributed by atoms with Gasteiger partial charge in [-0.25, -0.2) is 0 Å². The minimum Gasteiger partial charge on any atom is -0.395 e. The van der Waals surface area contributed by atoms with E-state index in [1.165, 1.54) is 16.7 Å². The second kappa shape index (κ2) is 7.48. The fourth-order valence-electron chi connectivity index (χ4n) is 4.47. The molecule has 3 aromatic rings. The van der Waals surface area contributed by atoms with Crippen molar-refractivity contribution >= 4 is 17.5 Å². The summed E-state index contributed by atoms with van der Waals surface area (Å²) in [6.45, 7) is 0.671. The maximum Gasteiger partial charge on any atom is 0.128 e. The summed E-state index contributed by atoms with van der Waals surface area (Å²) in [5.74, 6) is 0. The van der Waals surface area contributed by atoms with Gasteiger partial charge in [-0.3, -0.25) is 0 Å². The van der Waals surface area contributed by atoms with Crippen LogP contribution in [0.15, 0.2) is 96.2 Å². The van der Waals surface area contributed by atoms with Crippen molar-refractivity contribution in [2.75, 3.05) is 6.61 Å². The normalized spacial score (nSPS) is 26.6. The van der Waals surface area contributed by atoms with Crippen molar-refractivity contribution in [3.8, 4) is 0 Å². The van der Waals surface area contributed by atoms with Crippen LogP contribution in [0.5, 0.6) is 0 Å². The number of nitrogens with zero attached hydrogens (tertiary/aromatic N) is 1. The minimum atomic E-state index is -0.0480. The molecule has 2 aliphatic rings. The van der Waals surface area contributed by atoms with Gasteiger partial charge in [-0.1, -0.05) is 96.2 Å². The molecule has 28 heavy (non-hydrogen) atoms. The van der Waals surface area contributed by atoms with Gasteiger partial charge in [-0.05, 0) is 24.0 Å². The fraction of sp³-hybridized carbons (Fsp3) is 0.240. The Labute approximate surface area is 170 Å². The molecule has 0 N–H and O–H groups in total. The molecule has 1 saturated heterocycles. The topological polar surface area (TPSA) is 21.6 Å². The van der Waals surface area contributed by atoms with Crippen molar-refractivity contribution in [3.63, 3.8) is 0 Å². The van der Waals surface area contributed by atoms with E-state index in [4.69, 9.17) is 4.84 Å². The average molecular weight is 386 g/mol. The van der Waals surface area contributed by atoms with Gasteiger partial charge in [-0.15, -0.1) is 11.8 Å². The van der Waals surface area contributed by atoms with Crippen LogP contribution >= 0.6 is 11.8 Å². The van der Waals surface area contributed by atoms with E-state index in [0.717, 1.165) is 18.6 Å². The van der Waals surface area contributed by atoms with Crippen molar-refractivity contribution in [2.45, 2.75) is 23.3 Å². The Morgan fingerprint density at radius 3 is 1.75 bits per heavy atom. The van der Waals surface area contributed by atoms with Crippen LogP contribution in [0.25, 0.3) is 0 Å². The molecular formula is C25H23NOS. The monoisotopic (exact) mass is 385 g/mol.